The molecule has 0 radical (unpaired) electrons. The molecular weight excluding hydrogens is 813 g/mol. The van der Waals surface area contributed by atoms with Crippen LogP contribution in [0.1, 0.15) is 85.4 Å². The fourth-order valence-corrected chi connectivity index (χ4v) is 10.2. The number of amides is 4. The Bertz CT molecular complexity index is 2570. The van der Waals surface area contributed by atoms with Crippen LogP contribution < -0.4 is 10.6 Å². The molecule has 2 saturated heterocycles. The van der Waals surface area contributed by atoms with E-state index in [2.05, 4.69) is 78.8 Å². The van der Waals surface area contributed by atoms with Crippen LogP contribution in [0.4, 0.5) is 9.59 Å². The first kappa shape index (κ1) is 41.3. The number of likely N-dealkylation sites (tertiary alicyclic amines) is 2. The van der Waals surface area contributed by atoms with Crippen LogP contribution >= 0.6 is 22.7 Å². The highest BCUT2D eigenvalue weighted by molar-refractivity contribution is 7.29. The van der Waals surface area contributed by atoms with Crippen LogP contribution in [0.15, 0.2) is 79.1 Å². The molecule has 4 N–H and O–H groups in total. The third kappa shape index (κ3) is 8.89. The van der Waals surface area contributed by atoms with Crippen molar-refractivity contribution >= 4 is 56.1 Å². The van der Waals surface area contributed by atoms with E-state index in [1.807, 2.05) is 55.3 Å². The number of aromatic nitrogens is 4. The molecule has 6 heterocycles. The summed E-state index contributed by atoms with van der Waals surface area (Å²) in [7, 11) is 2.57. The van der Waals surface area contributed by atoms with Gasteiger partial charge >= 0.3 is 12.2 Å². The highest BCUT2D eigenvalue weighted by atomic mass is 32.1. The fraction of sp³-hybridized carbons (Fsp3) is 0.333. The summed E-state index contributed by atoms with van der Waals surface area (Å²) in [5, 5.41) is 5.40. The second kappa shape index (κ2) is 18.0. The Kier molecular flexibility index (Phi) is 12.2. The molecule has 2 aromatic carbocycles. The maximum absolute atomic E-state index is 13.8. The third-order valence-corrected chi connectivity index (χ3v) is 13.4. The fourth-order valence-electron chi connectivity index (χ4n) is 7.99. The van der Waals surface area contributed by atoms with Crippen molar-refractivity contribution in [2.75, 3.05) is 27.3 Å². The SMILES string of the molecule is COC(=O)N[C@H](C(=O)N1CCCC1c1ncc(-c2ccc(-c3cc4sc(C#Cc5cnc(C6CCCN6C(=O)[C@H](NC(=O)OC)c6ccccc6)[nH]5)cc4s3)cc2)[nH]1)C(C)C. The first-order valence-corrected chi connectivity index (χ1v) is 21.8. The Labute approximate surface area is 361 Å². The molecule has 4 amide bonds. The first-order valence-electron chi connectivity index (χ1n) is 20.2. The quantitative estimate of drug-likeness (QED) is 0.100. The van der Waals surface area contributed by atoms with Crippen molar-refractivity contribution in [1.29, 1.82) is 0 Å². The topological polar surface area (TPSA) is 175 Å². The number of benzene rings is 2. The first-order chi connectivity index (χ1) is 29.6. The Morgan fingerprint density at radius 2 is 1.38 bits per heavy atom. The van der Waals surface area contributed by atoms with Gasteiger partial charge < -0.3 is 39.9 Å². The number of methoxy groups -OCH3 is 2. The van der Waals surface area contributed by atoms with Crippen molar-refractivity contribution in [3.05, 3.63) is 107 Å². The summed E-state index contributed by atoms with van der Waals surface area (Å²) >= 11 is 3.35. The van der Waals surface area contributed by atoms with Gasteiger partial charge in [0.25, 0.3) is 5.91 Å². The summed E-state index contributed by atoms with van der Waals surface area (Å²) < 4.78 is 11.9. The number of carbonyl (C=O) groups excluding carboxylic acids is 4. The van der Waals surface area contributed by atoms with Gasteiger partial charge in [-0.05, 0) is 72.3 Å². The number of ether oxygens (including phenoxy) is 2. The molecule has 0 aliphatic carbocycles. The number of hydrogen-bond donors (Lipinski definition) is 4. The van der Waals surface area contributed by atoms with Gasteiger partial charge in [0, 0.05) is 27.4 Å². The number of imidazole rings is 2. The van der Waals surface area contributed by atoms with E-state index in [9.17, 15) is 19.2 Å². The highest BCUT2D eigenvalue weighted by Gasteiger charge is 2.38. The number of aromatic amines is 2. The van der Waals surface area contributed by atoms with Gasteiger partial charge in [-0.15, -0.1) is 22.7 Å². The standard InChI is InChI=1S/C45H46N8O6S2/c1-26(2)38(50-44(56)58-3)42(54)52-20-9-13-34(52)41-47-25-32(49-41)27-14-16-28(17-15-27)35-23-37-36(61-35)22-31(60-37)19-18-30-24-46-40(48-30)33-12-8-21-53(33)43(55)39(51-45(57)59-4)29-10-6-5-7-11-29/h5-7,10-11,14-17,22-26,33-34,38-39H,8-9,12-13,20-21H2,1-4H3,(H,46,48)(H,47,49)(H,50,56)(H,51,57)/t33?,34?,38-,39+/m0/s1. The number of fused-ring (bicyclic) bond motifs is 1. The van der Waals surface area contributed by atoms with Crippen LogP contribution in [-0.4, -0.2) is 87.1 Å². The van der Waals surface area contributed by atoms with E-state index < -0.39 is 24.3 Å². The molecule has 2 unspecified atom stereocenters. The number of nitrogens with one attached hydrogen (secondary N) is 4. The average molecular weight is 859 g/mol. The molecule has 8 rings (SSSR count). The molecule has 4 atom stereocenters. The van der Waals surface area contributed by atoms with Crippen molar-refractivity contribution in [2.45, 2.75) is 63.7 Å². The largest absolute Gasteiger partial charge is 0.453 e. The van der Waals surface area contributed by atoms with Crippen LogP contribution in [0.25, 0.3) is 31.1 Å². The van der Waals surface area contributed by atoms with Crippen LogP contribution in [0, 0.1) is 17.8 Å². The highest BCUT2D eigenvalue weighted by Crippen LogP contribution is 2.39. The van der Waals surface area contributed by atoms with Gasteiger partial charge in [-0.2, -0.15) is 0 Å². The molecule has 16 heteroatoms. The third-order valence-electron chi connectivity index (χ3n) is 11.1. The minimum Gasteiger partial charge on any atom is -0.453 e. The lowest BCUT2D eigenvalue weighted by Crippen LogP contribution is -2.51. The molecule has 61 heavy (non-hydrogen) atoms. The lowest BCUT2D eigenvalue weighted by molar-refractivity contribution is -0.135. The van der Waals surface area contributed by atoms with Crippen molar-refractivity contribution < 1.29 is 28.7 Å². The zero-order chi connectivity index (χ0) is 42.6. The number of carbonyl (C=O) groups is 4. The van der Waals surface area contributed by atoms with E-state index in [-0.39, 0.29) is 29.8 Å². The molecule has 0 saturated carbocycles. The van der Waals surface area contributed by atoms with Gasteiger partial charge in [-0.1, -0.05) is 68.4 Å². The van der Waals surface area contributed by atoms with Crippen LogP contribution in [-0.2, 0) is 19.1 Å². The Morgan fingerprint density at radius 3 is 2.05 bits per heavy atom. The predicted molar refractivity (Wildman–Crippen MR) is 234 cm³/mol. The molecule has 2 aliphatic heterocycles. The van der Waals surface area contributed by atoms with Crippen molar-refractivity contribution in [3.63, 3.8) is 0 Å². The molecule has 0 bridgehead atoms. The van der Waals surface area contributed by atoms with Crippen LogP contribution in [0.3, 0.4) is 0 Å². The molecule has 6 aromatic rings. The molecule has 2 aliphatic rings. The summed E-state index contributed by atoms with van der Waals surface area (Å²) in [6, 6.07) is 19.8. The van der Waals surface area contributed by atoms with Crippen molar-refractivity contribution in [2.24, 2.45) is 5.92 Å². The van der Waals surface area contributed by atoms with Crippen LogP contribution in [0.2, 0.25) is 0 Å². The van der Waals surface area contributed by atoms with E-state index in [1.54, 1.807) is 33.8 Å². The minimum atomic E-state index is -0.884. The minimum absolute atomic E-state index is 0.105. The van der Waals surface area contributed by atoms with E-state index in [4.69, 9.17) is 9.47 Å². The van der Waals surface area contributed by atoms with Gasteiger partial charge in [0.2, 0.25) is 5.91 Å². The summed E-state index contributed by atoms with van der Waals surface area (Å²) in [5.41, 5.74) is 4.30. The molecule has 314 valence electrons. The number of alkyl carbamates (subject to hydrolysis) is 2. The zero-order valence-electron chi connectivity index (χ0n) is 34.2. The molecular formula is C45H46N8O6S2. The van der Waals surface area contributed by atoms with E-state index in [1.165, 1.54) is 14.2 Å². The molecule has 4 aromatic heterocycles. The summed E-state index contributed by atoms with van der Waals surface area (Å²) in [6.45, 7) is 4.95. The predicted octanol–water partition coefficient (Wildman–Crippen LogP) is 7.95. The number of thiophene rings is 2. The van der Waals surface area contributed by atoms with E-state index in [0.717, 1.165) is 67.5 Å². The zero-order valence-corrected chi connectivity index (χ0v) is 35.8. The maximum atomic E-state index is 13.8. The molecule has 14 nitrogen and oxygen atoms in total. The van der Waals surface area contributed by atoms with Gasteiger partial charge in [0.1, 0.15) is 29.4 Å². The van der Waals surface area contributed by atoms with Crippen LogP contribution in [0.5, 0.6) is 0 Å². The van der Waals surface area contributed by atoms with Gasteiger partial charge in [-0.25, -0.2) is 19.6 Å². The van der Waals surface area contributed by atoms with Gasteiger partial charge in [0.15, 0.2) is 0 Å². The molecule has 0 spiro atoms. The summed E-state index contributed by atoms with van der Waals surface area (Å²) in [6.07, 6.45) is 5.40. The Hall–Kier alpha value is -6.44. The number of hydrogen-bond acceptors (Lipinski definition) is 10. The Morgan fingerprint density at radius 1 is 0.754 bits per heavy atom. The average Bonchev–Trinajstić information content (AvgIpc) is 4.13. The molecule has 2 fully saturated rings. The summed E-state index contributed by atoms with van der Waals surface area (Å²) in [4.78, 5) is 73.3. The smallest absolute Gasteiger partial charge is 0.407 e. The Balaban J connectivity index is 0.910. The lowest BCUT2D eigenvalue weighted by atomic mass is 10.0. The maximum Gasteiger partial charge on any atom is 0.407 e. The lowest BCUT2D eigenvalue weighted by Gasteiger charge is -2.30. The monoisotopic (exact) mass is 858 g/mol. The number of rotatable bonds is 10. The second-order valence-electron chi connectivity index (χ2n) is 15.4. The summed E-state index contributed by atoms with van der Waals surface area (Å²) in [5.74, 6) is 7.43. The van der Waals surface area contributed by atoms with Gasteiger partial charge in [-0.3, -0.25) is 9.59 Å². The normalized spacial score (nSPS) is 17.2. The van der Waals surface area contributed by atoms with E-state index >= 15 is 0 Å². The second-order valence-corrected chi connectivity index (χ2v) is 17.5. The number of H-pyrrole nitrogens is 2. The number of nitrogens with zero attached hydrogens (tertiary/aromatic N) is 4. The van der Waals surface area contributed by atoms with Gasteiger partial charge in [0.05, 0.1) is 49.3 Å². The van der Waals surface area contributed by atoms with Crippen molar-refractivity contribution in [1.82, 2.24) is 40.4 Å². The van der Waals surface area contributed by atoms with Crippen molar-refractivity contribution in [3.8, 4) is 33.5 Å². The van der Waals surface area contributed by atoms with E-state index in [0.29, 0.717) is 30.2 Å².